The Morgan fingerprint density at radius 1 is 1.30 bits per heavy atom. The molecule has 1 heterocycles. The molecule has 0 bridgehead atoms. The number of nitrogens with zero attached hydrogens (tertiary/aromatic N) is 1. The Balaban J connectivity index is 2.14. The molecule has 1 aromatic rings. The van der Waals surface area contributed by atoms with E-state index in [1.54, 1.807) is 0 Å². The van der Waals surface area contributed by atoms with E-state index in [1.165, 1.54) is 22.3 Å². The summed E-state index contributed by atoms with van der Waals surface area (Å²) in [5.74, 6) is -0.762. The summed E-state index contributed by atoms with van der Waals surface area (Å²) < 4.78 is 5.42. The zero-order valence-corrected chi connectivity index (χ0v) is 12.5. The van der Waals surface area contributed by atoms with Gasteiger partial charge in [0.1, 0.15) is 0 Å². The summed E-state index contributed by atoms with van der Waals surface area (Å²) in [5, 5.41) is 9.00. The summed E-state index contributed by atoms with van der Waals surface area (Å²) >= 11 is 0. The highest BCUT2D eigenvalue weighted by atomic mass is 16.5. The Kier molecular flexibility index (Phi) is 4.78. The highest BCUT2D eigenvalue weighted by molar-refractivity contribution is 5.67. The Labute approximate surface area is 120 Å². The number of rotatable bonds is 4. The maximum absolute atomic E-state index is 10.9. The maximum atomic E-state index is 10.9. The van der Waals surface area contributed by atoms with E-state index in [0.29, 0.717) is 13.2 Å². The zero-order chi connectivity index (χ0) is 14.7. The number of hydrogen-bond acceptors (Lipinski definition) is 3. The molecule has 1 atom stereocenters. The van der Waals surface area contributed by atoms with E-state index in [1.807, 2.05) is 0 Å². The van der Waals surface area contributed by atoms with Crippen LogP contribution < -0.4 is 0 Å². The van der Waals surface area contributed by atoms with Crippen molar-refractivity contribution < 1.29 is 14.6 Å². The number of carboxylic acid groups (broad SMARTS) is 1. The average Bonchev–Trinajstić information content (AvgIpc) is 2.37. The third-order valence-corrected chi connectivity index (χ3v) is 4.09. The van der Waals surface area contributed by atoms with Crippen molar-refractivity contribution in [1.82, 2.24) is 4.90 Å². The Morgan fingerprint density at radius 3 is 2.70 bits per heavy atom. The molecule has 1 N–H and O–H groups in total. The topological polar surface area (TPSA) is 49.8 Å². The first-order valence-corrected chi connectivity index (χ1v) is 7.07. The second-order valence-electron chi connectivity index (χ2n) is 5.66. The van der Waals surface area contributed by atoms with E-state index in [-0.39, 0.29) is 12.5 Å². The number of aliphatic carboxylic acids is 1. The van der Waals surface area contributed by atoms with Crippen molar-refractivity contribution >= 4 is 5.97 Å². The van der Waals surface area contributed by atoms with Gasteiger partial charge in [-0.1, -0.05) is 12.1 Å². The second-order valence-corrected chi connectivity index (χ2v) is 5.66. The quantitative estimate of drug-likeness (QED) is 0.917. The third-order valence-electron chi connectivity index (χ3n) is 4.09. The molecule has 0 spiro atoms. The molecule has 4 heteroatoms. The van der Waals surface area contributed by atoms with E-state index in [0.717, 1.165) is 13.1 Å². The van der Waals surface area contributed by atoms with Crippen LogP contribution in [0.5, 0.6) is 0 Å². The predicted molar refractivity (Wildman–Crippen MR) is 77.9 cm³/mol. The van der Waals surface area contributed by atoms with Gasteiger partial charge in [-0.05, 0) is 43.0 Å². The van der Waals surface area contributed by atoms with Gasteiger partial charge in [0.15, 0.2) is 0 Å². The SMILES string of the molecule is Cc1cc(C)c(CN2CCOCC2CC(=O)O)cc1C. The molecular weight excluding hydrogens is 254 g/mol. The monoisotopic (exact) mass is 277 g/mol. The first-order chi connectivity index (χ1) is 9.47. The van der Waals surface area contributed by atoms with Crippen molar-refractivity contribution in [2.45, 2.75) is 39.8 Å². The van der Waals surface area contributed by atoms with Crippen LogP contribution in [0.3, 0.4) is 0 Å². The summed E-state index contributed by atoms with van der Waals surface area (Å²) in [4.78, 5) is 13.2. The molecule has 1 fully saturated rings. The van der Waals surface area contributed by atoms with Gasteiger partial charge in [0.05, 0.1) is 19.6 Å². The zero-order valence-electron chi connectivity index (χ0n) is 12.5. The van der Waals surface area contributed by atoms with Crippen LogP contribution in [0.15, 0.2) is 12.1 Å². The lowest BCUT2D eigenvalue weighted by Crippen LogP contribution is -2.46. The molecule has 20 heavy (non-hydrogen) atoms. The molecule has 0 amide bonds. The smallest absolute Gasteiger partial charge is 0.305 e. The first-order valence-electron chi connectivity index (χ1n) is 7.07. The summed E-state index contributed by atoms with van der Waals surface area (Å²) in [7, 11) is 0. The molecule has 0 saturated carbocycles. The lowest BCUT2D eigenvalue weighted by molar-refractivity contribution is -0.140. The summed E-state index contributed by atoms with van der Waals surface area (Å²) in [6.07, 6.45) is 0.143. The van der Waals surface area contributed by atoms with Crippen LogP contribution in [0, 0.1) is 20.8 Å². The van der Waals surface area contributed by atoms with E-state index in [2.05, 4.69) is 37.8 Å². The van der Waals surface area contributed by atoms with E-state index in [4.69, 9.17) is 9.84 Å². The molecule has 2 rings (SSSR count). The number of carboxylic acids is 1. The fourth-order valence-corrected chi connectivity index (χ4v) is 2.70. The van der Waals surface area contributed by atoms with Gasteiger partial charge in [0.25, 0.3) is 0 Å². The van der Waals surface area contributed by atoms with Crippen molar-refractivity contribution in [1.29, 1.82) is 0 Å². The van der Waals surface area contributed by atoms with Crippen LogP contribution in [0.4, 0.5) is 0 Å². The minimum Gasteiger partial charge on any atom is -0.481 e. The highest BCUT2D eigenvalue weighted by Gasteiger charge is 2.25. The largest absolute Gasteiger partial charge is 0.481 e. The number of hydrogen-bond donors (Lipinski definition) is 1. The number of carbonyl (C=O) groups is 1. The van der Waals surface area contributed by atoms with Gasteiger partial charge in [-0.15, -0.1) is 0 Å². The van der Waals surface area contributed by atoms with Gasteiger partial charge >= 0.3 is 5.97 Å². The fourth-order valence-electron chi connectivity index (χ4n) is 2.70. The maximum Gasteiger partial charge on any atom is 0.305 e. The van der Waals surface area contributed by atoms with Gasteiger partial charge in [0, 0.05) is 19.1 Å². The Hall–Kier alpha value is -1.39. The Morgan fingerprint density at radius 2 is 2.00 bits per heavy atom. The van der Waals surface area contributed by atoms with E-state index >= 15 is 0 Å². The lowest BCUT2D eigenvalue weighted by Gasteiger charge is -2.35. The van der Waals surface area contributed by atoms with Gasteiger partial charge in [0.2, 0.25) is 0 Å². The number of ether oxygens (including phenoxy) is 1. The summed E-state index contributed by atoms with van der Waals surface area (Å²) in [6.45, 7) is 9.14. The molecule has 1 aliphatic heterocycles. The molecule has 0 aliphatic carbocycles. The number of benzene rings is 1. The van der Waals surface area contributed by atoms with E-state index < -0.39 is 5.97 Å². The van der Waals surface area contributed by atoms with Gasteiger partial charge in [-0.2, -0.15) is 0 Å². The minimum absolute atomic E-state index is 0.0257. The fraction of sp³-hybridized carbons (Fsp3) is 0.562. The molecule has 0 radical (unpaired) electrons. The van der Waals surface area contributed by atoms with Gasteiger partial charge < -0.3 is 9.84 Å². The standard InChI is InChI=1S/C16H23NO3/c1-11-6-13(3)14(7-12(11)2)9-17-4-5-20-10-15(17)8-16(18)19/h6-7,15H,4-5,8-10H2,1-3H3,(H,18,19). The Bertz CT molecular complexity index is 499. The highest BCUT2D eigenvalue weighted by Crippen LogP contribution is 2.20. The average molecular weight is 277 g/mol. The number of morpholine rings is 1. The van der Waals surface area contributed by atoms with Crippen molar-refractivity contribution in [3.8, 4) is 0 Å². The van der Waals surface area contributed by atoms with Crippen LogP contribution in [0.2, 0.25) is 0 Å². The van der Waals surface area contributed by atoms with Crippen molar-refractivity contribution in [2.24, 2.45) is 0 Å². The minimum atomic E-state index is -0.762. The van der Waals surface area contributed by atoms with Crippen LogP contribution in [-0.4, -0.2) is 41.8 Å². The summed E-state index contributed by atoms with van der Waals surface area (Å²) in [5.41, 5.74) is 5.14. The second kappa shape index (κ2) is 6.37. The molecule has 1 aliphatic rings. The first kappa shape index (κ1) is 15.0. The van der Waals surface area contributed by atoms with Crippen molar-refractivity contribution in [3.63, 3.8) is 0 Å². The molecular formula is C16H23NO3. The van der Waals surface area contributed by atoms with Gasteiger partial charge in [-0.3, -0.25) is 9.69 Å². The molecule has 0 aromatic heterocycles. The van der Waals surface area contributed by atoms with Crippen molar-refractivity contribution in [2.75, 3.05) is 19.8 Å². The molecule has 4 nitrogen and oxygen atoms in total. The lowest BCUT2D eigenvalue weighted by atomic mass is 9.99. The van der Waals surface area contributed by atoms with Crippen LogP contribution in [0.25, 0.3) is 0 Å². The molecule has 110 valence electrons. The third kappa shape index (κ3) is 3.58. The van der Waals surface area contributed by atoms with E-state index in [9.17, 15) is 4.79 Å². The van der Waals surface area contributed by atoms with Gasteiger partial charge in [-0.25, -0.2) is 0 Å². The predicted octanol–water partition coefficient (Wildman–Crippen LogP) is 2.29. The number of aryl methyl sites for hydroxylation is 3. The molecule has 1 aromatic carbocycles. The molecule has 1 saturated heterocycles. The summed E-state index contributed by atoms with van der Waals surface area (Å²) in [6, 6.07) is 4.40. The van der Waals surface area contributed by atoms with Crippen LogP contribution in [0.1, 0.15) is 28.7 Å². The van der Waals surface area contributed by atoms with Crippen LogP contribution >= 0.6 is 0 Å². The van der Waals surface area contributed by atoms with Crippen LogP contribution in [-0.2, 0) is 16.1 Å². The molecule has 1 unspecified atom stereocenters. The van der Waals surface area contributed by atoms with Crippen molar-refractivity contribution in [3.05, 3.63) is 34.4 Å². The normalized spacial score (nSPS) is 20.1.